The van der Waals surface area contributed by atoms with Crippen molar-refractivity contribution in [2.45, 2.75) is 0 Å². The lowest BCUT2D eigenvalue weighted by molar-refractivity contribution is 0.0303. The van der Waals surface area contributed by atoms with E-state index in [0.717, 1.165) is 22.8 Å². The number of carbonyl (C=O) groups is 2. The summed E-state index contributed by atoms with van der Waals surface area (Å²) < 4.78 is 7.01. The first-order valence-corrected chi connectivity index (χ1v) is 8.42. The Labute approximate surface area is 150 Å². The van der Waals surface area contributed by atoms with Gasteiger partial charge in [-0.15, -0.1) is 0 Å². The van der Waals surface area contributed by atoms with Gasteiger partial charge in [0, 0.05) is 42.8 Å². The molecule has 2 aromatic heterocycles. The number of aldehydes is 1. The zero-order valence-corrected chi connectivity index (χ0v) is 14.4. The molecule has 4 rings (SSSR count). The summed E-state index contributed by atoms with van der Waals surface area (Å²) in [6, 6.07) is 7.12. The fourth-order valence-electron chi connectivity index (χ4n) is 3.19. The Bertz CT molecular complexity index is 990. The number of pyridine rings is 1. The van der Waals surface area contributed by atoms with E-state index in [0.29, 0.717) is 43.1 Å². The maximum Gasteiger partial charge on any atom is 0.254 e. The number of fused-ring (bicyclic) bond motifs is 1. The minimum atomic E-state index is -0.0215. The maximum atomic E-state index is 12.8. The van der Waals surface area contributed by atoms with E-state index in [1.54, 1.807) is 34.0 Å². The number of aromatic nitrogens is 3. The van der Waals surface area contributed by atoms with Gasteiger partial charge in [0.25, 0.3) is 5.91 Å². The molecule has 1 amide bonds. The van der Waals surface area contributed by atoms with Crippen molar-refractivity contribution in [3.05, 3.63) is 47.9 Å². The SMILES string of the molecule is Cn1cc(-c2cc(C=O)nc3ccc(C(=O)N4CCOCC4)cc23)cn1. The molecule has 7 nitrogen and oxygen atoms in total. The fourth-order valence-corrected chi connectivity index (χ4v) is 3.19. The number of rotatable bonds is 3. The topological polar surface area (TPSA) is 77.3 Å². The summed E-state index contributed by atoms with van der Waals surface area (Å²) in [6.07, 6.45) is 4.34. The van der Waals surface area contributed by atoms with Gasteiger partial charge in [0.15, 0.2) is 6.29 Å². The Morgan fingerprint density at radius 1 is 1.23 bits per heavy atom. The molecule has 1 aromatic carbocycles. The highest BCUT2D eigenvalue weighted by Gasteiger charge is 2.20. The molecule has 0 N–H and O–H groups in total. The van der Waals surface area contributed by atoms with Crippen LogP contribution in [0.3, 0.4) is 0 Å². The van der Waals surface area contributed by atoms with Crippen LogP contribution in [0.15, 0.2) is 36.7 Å². The normalized spacial score (nSPS) is 14.6. The molecule has 0 aliphatic carbocycles. The number of hydrogen-bond acceptors (Lipinski definition) is 5. The summed E-state index contributed by atoms with van der Waals surface area (Å²) >= 11 is 0. The van der Waals surface area contributed by atoms with Crippen molar-refractivity contribution in [1.82, 2.24) is 19.7 Å². The van der Waals surface area contributed by atoms with Gasteiger partial charge in [-0.25, -0.2) is 4.98 Å². The molecule has 26 heavy (non-hydrogen) atoms. The Balaban J connectivity index is 1.83. The maximum absolute atomic E-state index is 12.8. The van der Waals surface area contributed by atoms with Crippen LogP contribution in [0.4, 0.5) is 0 Å². The lowest BCUT2D eigenvalue weighted by atomic mass is 10.0. The lowest BCUT2D eigenvalue weighted by Crippen LogP contribution is -2.40. The van der Waals surface area contributed by atoms with E-state index >= 15 is 0 Å². The van der Waals surface area contributed by atoms with E-state index in [2.05, 4.69) is 10.1 Å². The summed E-state index contributed by atoms with van der Waals surface area (Å²) in [7, 11) is 1.83. The standard InChI is InChI=1S/C19H18N4O3/c1-22-11-14(10-20-22)16-9-15(12-24)21-18-3-2-13(8-17(16)18)19(25)23-4-6-26-7-5-23/h2-3,8-12H,4-7H2,1H3. The van der Waals surface area contributed by atoms with Gasteiger partial charge in [0.1, 0.15) is 5.69 Å². The first kappa shape index (κ1) is 16.4. The van der Waals surface area contributed by atoms with Crippen molar-refractivity contribution in [3.8, 4) is 11.1 Å². The van der Waals surface area contributed by atoms with Crippen LogP contribution >= 0.6 is 0 Å². The second-order valence-electron chi connectivity index (χ2n) is 6.25. The number of benzene rings is 1. The molecule has 1 aliphatic heterocycles. The Morgan fingerprint density at radius 2 is 2.04 bits per heavy atom. The van der Waals surface area contributed by atoms with Gasteiger partial charge in [-0.05, 0) is 29.8 Å². The predicted octanol–water partition coefficient (Wildman–Crippen LogP) is 1.92. The molecule has 1 aliphatic rings. The van der Waals surface area contributed by atoms with Gasteiger partial charge < -0.3 is 9.64 Å². The van der Waals surface area contributed by atoms with Crippen molar-refractivity contribution >= 4 is 23.1 Å². The van der Waals surface area contributed by atoms with E-state index in [9.17, 15) is 9.59 Å². The van der Waals surface area contributed by atoms with Crippen LogP contribution in [0, 0.1) is 0 Å². The largest absolute Gasteiger partial charge is 0.378 e. The zero-order chi connectivity index (χ0) is 18.1. The lowest BCUT2D eigenvalue weighted by Gasteiger charge is -2.27. The molecule has 0 spiro atoms. The Hall–Kier alpha value is -3.06. The number of hydrogen-bond donors (Lipinski definition) is 0. The molecule has 1 saturated heterocycles. The van der Waals surface area contributed by atoms with Crippen LogP contribution in [0.2, 0.25) is 0 Å². The highest BCUT2D eigenvalue weighted by atomic mass is 16.5. The third-order valence-corrected chi connectivity index (χ3v) is 4.51. The van der Waals surface area contributed by atoms with Crippen molar-refractivity contribution in [2.75, 3.05) is 26.3 Å². The Kier molecular flexibility index (Phi) is 4.22. The second kappa shape index (κ2) is 6.68. The predicted molar refractivity (Wildman–Crippen MR) is 96.1 cm³/mol. The number of ether oxygens (including phenoxy) is 1. The van der Waals surface area contributed by atoms with E-state index in [1.807, 2.05) is 19.3 Å². The highest BCUT2D eigenvalue weighted by molar-refractivity contribution is 6.03. The number of morpholine rings is 1. The average molecular weight is 350 g/mol. The molecule has 3 heterocycles. The molecule has 7 heteroatoms. The van der Waals surface area contributed by atoms with Crippen LogP contribution < -0.4 is 0 Å². The van der Waals surface area contributed by atoms with Crippen molar-refractivity contribution in [3.63, 3.8) is 0 Å². The molecule has 0 saturated carbocycles. The smallest absolute Gasteiger partial charge is 0.254 e. The number of carbonyl (C=O) groups excluding carboxylic acids is 2. The molecular formula is C19H18N4O3. The van der Waals surface area contributed by atoms with Crippen LogP contribution in [0.1, 0.15) is 20.8 Å². The van der Waals surface area contributed by atoms with E-state index in [-0.39, 0.29) is 5.91 Å². The third-order valence-electron chi connectivity index (χ3n) is 4.51. The summed E-state index contributed by atoms with van der Waals surface area (Å²) in [5.41, 5.74) is 3.33. The minimum Gasteiger partial charge on any atom is -0.378 e. The molecule has 0 unspecified atom stereocenters. The van der Waals surface area contributed by atoms with Crippen molar-refractivity contribution in [1.29, 1.82) is 0 Å². The zero-order valence-electron chi connectivity index (χ0n) is 14.4. The number of aryl methyl sites for hydroxylation is 1. The third kappa shape index (κ3) is 2.97. The highest BCUT2D eigenvalue weighted by Crippen LogP contribution is 2.29. The van der Waals surface area contributed by atoms with Crippen molar-refractivity contribution < 1.29 is 14.3 Å². The monoisotopic (exact) mass is 350 g/mol. The van der Waals surface area contributed by atoms with E-state index in [4.69, 9.17) is 4.74 Å². The van der Waals surface area contributed by atoms with Gasteiger partial charge in [-0.1, -0.05) is 0 Å². The summed E-state index contributed by atoms with van der Waals surface area (Å²) in [5, 5.41) is 5.03. The molecule has 1 fully saturated rings. The second-order valence-corrected chi connectivity index (χ2v) is 6.25. The van der Waals surface area contributed by atoms with E-state index in [1.165, 1.54) is 0 Å². The van der Waals surface area contributed by atoms with Gasteiger partial charge in [0.05, 0.1) is 24.9 Å². The summed E-state index contributed by atoms with van der Waals surface area (Å²) in [6.45, 7) is 2.30. The van der Waals surface area contributed by atoms with Gasteiger partial charge in [-0.3, -0.25) is 14.3 Å². The molecule has 0 radical (unpaired) electrons. The van der Waals surface area contributed by atoms with Crippen LogP contribution in [-0.4, -0.2) is 58.2 Å². The average Bonchev–Trinajstić information content (AvgIpc) is 3.13. The van der Waals surface area contributed by atoms with Gasteiger partial charge in [0.2, 0.25) is 0 Å². The van der Waals surface area contributed by atoms with Crippen LogP contribution in [0.5, 0.6) is 0 Å². The molecule has 0 atom stereocenters. The molecule has 3 aromatic rings. The number of nitrogens with zero attached hydrogens (tertiary/aromatic N) is 4. The number of amides is 1. The minimum absolute atomic E-state index is 0.0215. The molecule has 0 bridgehead atoms. The van der Waals surface area contributed by atoms with Crippen LogP contribution in [0.25, 0.3) is 22.0 Å². The van der Waals surface area contributed by atoms with Gasteiger partial charge in [-0.2, -0.15) is 5.10 Å². The molecule has 132 valence electrons. The summed E-state index contributed by atoms with van der Waals surface area (Å²) in [4.78, 5) is 30.2. The quantitative estimate of drug-likeness (QED) is 0.675. The van der Waals surface area contributed by atoms with E-state index < -0.39 is 0 Å². The molecular weight excluding hydrogens is 332 g/mol. The van der Waals surface area contributed by atoms with Crippen molar-refractivity contribution in [2.24, 2.45) is 7.05 Å². The van der Waals surface area contributed by atoms with Crippen LogP contribution in [-0.2, 0) is 11.8 Å². The first-order chi connectivity index (χ1) is 12.7. The summed E-state index contributed by atoms with van der Waals surface area (Å²) in [5.74, 6) is -0.0215. The van der Waals surface area contributed by atoms with Gasteiger partial charge >= 0.3 is 0 Å². The Morgan fingerprint density at radius 3 is 2.73 bits per heavy atom. The first-order valence-electron chi connectivity index (χ1n) is 8.42. The fraction of sp³-hybridized carbons (Fsp3) is 0.263.